The van der Waals surface area contributed by atoms with Crippen LogP contribution in [0.2, 0.25) is 0 Å². The molecule has 0 aromatic rings. The third-order valence-electron chi connectivity index (χ3n) is 3.95. The number of nitrogens with zero attached hydrogens (tertiary/aromatic N) is 1. The molecule has 0 saturated carbocycles. The molecule has 0 aliphatic carbocycles. The largest absolute Gasteiger partial charge is 0.460 e. The Bertz CT molecular complexity index is 628. The highest BCUT2D eigenvalue weighted by atomic mass is 32.1. The van der Waals surface area contributed by atoms with E-state index in [0.29, 0.717) is 30.9 Å². The second-order valence-electron chi connectivity index (χ2n) is 9.42. The lowest BCUT2D eigenvalue weighted by molar-refractivity contribution is -0.158. The molecular formula is C21H39N3O6S. The molecular weight excluding hydrogens is 422 g/mol. The zero-order valence-corrected chi connectivity index (χ0v) is 20.6. The van der Waals surface area contributed by atoms with Crippen molar-refractivity contribution in [2.45, 2.75) is 104 Å². The van der Waals surface area contributed by atoms with Crippen LogP contribution in [0.1, 0.15) is 80.6 Å². The van der Waals surface area contributed by atoms with E-state index in [9.17, 15) is 19.6 Å². The van der Waals surface area contributed by atoms with Crippen LogP contribution in [0.25, 0.3) is 0 Å². The summed E-state index contributed by atoms with van der Waals surface area (Å²) in [7, 11) is 0. The molecule has 0 aliphatic heterocycles. The SMILES string of the molecule is CC(=O)[C@H](CCCCN)N(O)C(=S)N[C@@H](CCC(=O)OC(C)(C)C)C(=O)OC(C)(C)C. The molecule has 0 radical (unpaired) electrons. The van der Waals surface area contributed by atoms with Crippen LogP contribution in [0.3, 0.4) is 0 Å². The molecule has 0 aliphatic rings. The van der Waals surface area contributed by atoms with Gasteiger partial charge in [0.2, 0.25) is 0 Å². The zero-order valence-electron chi connectivity index (χ0n) is 19.8. The van der Waals surface area contributed by atoms with Gasteiger partial charge < -0.3 is 20.5 Å². The summed E-state index contributed by atoms with van der Waals surface area (Å²) >= 11 is 5.22. The zero-order chi connectivity index (χ0) is 24.4. The molecule has 0 saturated heterocycles. The lowest BCUT2D eigenvalue weighted by Gasteiger charge is -2.30. The van der Waals surface area contributed by atoms with E-state index in [2.05, 4.69) is 5.32 Å². The Kier molecular flexibility index (Phi) is 12.2. The summed E-state index contributed by atoms with van der Waals surface area (Å²) in [6, 6.07) is -1.87. The van der Waals surface area contributed by atoms with Gasteiger partial charge >= 0.3 is 11.9 Å². The van der Waals surface area contributed by atoms with E-state index >= 15 is 0 Å². The van der Waals surface area contributed by atoms with Crippen LogP contribution < -0.4 is 11.1 Å². The number of thiocarbonyl (C=S) groups is 1. The Labute approximate surface area is 191 Å². The molecule has 180 valence electrons. The highest BCUT2D eigenvalue weighted by molar-refractivity contribution is 7.80. The van der Waals surface area contributed by atoms with Gasteiger partial charge in [0.05, 0.1) is 0 Å². The quantitative estimate of drug-likeness (QED) is 0.182. The molecule has 31 heavy (non-hydrogen) atoms. The number of ether oxygens (including phenoxy) is 2. The maximum absolute atomic E-state index is 12.7. The van der Waals surface area contributed by atoms with Gasteiger partial charge in [0, 0.05) is 6.42 Å². The summed E-state index contributed by atoms with van der Waals surface area (Å²) < 4.78 is 10.7. The van der Waals surface area contributed by atoms with Gasteiger partial charge in [-0.1, -0.05) is 0 Å². The average Bonchev–Trinajstić information content (AvgIpc) is 2.58. The second kappa shape index (κ2) is 12.9. The van der Waals surface area contributed by atoms with E-state index in [-0.39, 0.29) is 23.7 Å². The Morgan fingerprint density at radius 2 is 1.58 bits per heavy atom. The van der Waals surface area contributed by atoms with Gasteiger partial charge in [-0.15, -0.1) is 0 Å². The number of ketones is 1. The van der Waals surface area contributed by atoms with Gasteiger partial charge in [-0.3, -0.25) is 14.8 Å². The summed E-state index contributed by atoms with van der Waals surface area (Å²) in [5.74, 6) is -1.38. The number of hydrogen-bond acceptors (Lipinski definition) is 8. The maximum Gasteiger partial charge on any atom is 0.329 e. The topological polar surface area (TPSA) is 131 Å². The third-order valence-corrected chi connectivity index (χ3v) is 4.26. The molecule has 0 rings (SSSR count). The normalized spacial score (nSPS) is 13.7. The van der Waals surface area contributed by atoms with Crippen molar-refractivity contribution in [2.75, 3.05) is 6.54 Å². The Morgan fingerprint density at radius 1 is 1.03 bits per heavy atom. The van der Waals surface area contributed by atoms with Gasteiger partial charge in [-0.25, -0.2) is 9.86 Å². The number of rotatable bonds is 11. The van der Waals surface area contributed by atoms with Crippen molar-refractivity contribution >= 4 is 35.1 Å². The first kappa shape index (κ1) is 29.2. The number of hydroxylamine groups is 2. The number of carbonyl (C=O) groups is 3. The monoisotopic (exact) mass is 461 g/mol. The first-order chi connectivity index (χ1) is 14.1. The maximum atomic E-state index is 12.7. The second-order valence-corrected chi connectivity index (χ2v) is 9.80. The van der Waals surface area contributed by atoms with Crippen LogP contribution in [0.5, 0.6) is 0 Å². The molecule has 9 nitrogen and oxygen atoms in total. The standard InChI is InChI=1S/C21H39N3O6S/c1-14(25)16(10-8-9-13-22)24(28)19(31)23-15(18(27)30-21(5,6)7)11-12-17(26)29-20(2,3)4/h15-16,28H,8-13,22H2,1-7H3,(H,23,31)/t15-,16-/m0/s1. The Hall–Kier alpha value is -1.78. The molecule has 10 heteroatoms. The number of hydrogen-bond donors (Lipinski definition) is 3. The van der Waals surface area contributed by atoms with Crippen molar-refractivity contribution in [2.24, 2.45) is 5.73 Å². The van der Waals surface area contributed by atoms with Crippen molar-refractivity contribution in [3.8, 4) is 0 Å². The highest BCUT2D eigenvalue weighted by Gasteiger charge is 2.30. The van der Waals surface area contributed by atoms with Crippen LogP contribution in [0, 0.1) is 0 Å². The van der Waals surface area contributed by atoms with Crippen LogP contribution in [0.15, 0.2) is 0 Å². The summed E-state index contributed by atoms with van der Waals surface area (Å²) in [5, 5.41) is 13.7. The van der Waals surface area contributed by atoms with E-state index in [1.165, 1.54) is 6.92 Å². The van der Waals surface area contributed by atoms with Gasteiger partial charge in [0.25, 0.3) is 0 Å². The average molecular weight is 462 g/mol. The number of esters is 2. The van der Waals surface area contributed by atoms with Gasteiger partial charge in [-0.05, 0) is 92.9 Å². The van der Waals surface area contributed by atoms with Crippen LogP contribution >= 0.6 is 12.2 Å². The molecule has 0 spiro atoms. The molecule has 0 aromatic carbocycles. The van der Waals surface area contributed by atoms with E-state index in [1.807, 2.05) is 0 Å². The van der Waals surface area contributed by atoms with Crippen LogP contribution in [0.4, 0.5) is 0 Å². The van der Waals surface area contributed by atoms with Crippen LogP contribution in [-0.2, 0) is 23.9 Å². The molecule has 0 bridgehead atoms. The molecule has 2 atom stereocenters. The Balaban J connectivity index is 5.29. The summed E-state index contributed by atoms with van der Waals surface area (Å²) in [6.07, 6.45) is 1.67. The highest BCUT2D eigenvalue weighted by Crippen LogP contribution is 2.15. The number of Topliss-reactive ketones (excluding diaryl/α,β-unsaturated/α-hetero) is 1. The van der Waals surface area contributed by atoms with Gasteiger partial charge in [-0.2, -0.15) is 0 Å². The Morgan fingerprint density at radius 3 is 2.03 bits per heavy atom. The fraction of sp³-hybridized carbons (Fsp3) is 0.810. The van der Waals surface area contributed by atoms with Gasteiger partial charge in [0.15, 0.2) is 10.9 Å². The molecule has 4 N–H and O–H groups in total. The number of unbranched alkanes of at least 4 members (excludes halogenated alkanes) is 1. The minimum absolute atomic E-state index is 0.0374. The number of nitrogens with two attached hydrogens (primary N) is 1. The summed E-state index contributed by atoms with van der Waals surface area (Å²) in [4.78, 5) is 36.7. The van der Waals surface area contributed by atoms with Crippen molar-refractivity contribution in [3.63, 3.8) is 0 Å². The van der Waals surface area contributed by atoms with Crippen molar-refractivity contribution in [3.05, 3.63) is 0 Å². The first-order valence-electron chi connectivity index (χ1n) is 10.5. The molecule has 0 unspecified atom stereocenters. The molecule has 0 heterocycles. The van der Waals surface area contributed by atoms with Crippen molar-refractivity contribution in [1.29, 1.82) is 0 Å². The summed E-state index contributed by atoms with van der Waals surface area (Å²) in [6.45, 7) is 12.2. The van der Waals surface area contributed by atoms with Crippen molar-refractivity contribution in [1.82, 2.24) is 10.4 Å². The lowest BCUT2D eigenvalue weighted by atomic mass is 10.1. The minimum atomic E-state index is -1.01. The predicted molar refractivity (Wildman–Crippen MR) is 121 cm³/mol. The van der Waals surface area contributed by atoms with E-state index in [4.69, 9.17) is 27.4 Å². The van der Waals surface area contributed by atoms with Crippen LogP contribution in [-0.4, -0.2) is 62.9 Å². The fourth-order valence-electron chi connectivity index (χ4n) is 2.61. The molecule has 0 fully saturated rings. The molecule has 0 aromatic heterocycles. The van der Waals surface area contributed by atoms with Crippen molar-refractivity contribution < 1.29 is 29.1 Å². The van der Waals surface area contributed by atoms with Gasteiger partial charge in [0.1, 0.15) is 23.3 Å². The number of nitrogens with one attached hydrogen (secondary N) is 1. The number of carbonyl (C=O) groups excluding carboxylic acids is 3. The summed E-state index contributed by atoms with van der Waals surface area (Å²) in [5.41, 5.74) is 4.08. The predicted octanol–water partition coefficient (Wildman–Crippen LogP) is 2.47. The van der Waals surface area contributed by atoms with E-state index < -0.39 is 35.2 Å². The smallest absolute Gasteiger partial charge is 0.329 e. The minimum Gasteiger partial charge on any atom is -0.460 e. The van der Waals surface area contributed by atoms with E-state index in [1.54, 1.807) is 41.5 Å². The lowest BCUT2D eigenvalue weighted by Crippen LogP contribution is -2.52. The fourth-order valence-corrected chi connectivity index (χ4v) is 2.88. The van der Waals surface area contributed by atoms with E-state index in [0.717, 1.165) is 0 Å². The first-order valence-corrected chi connectivity index (χ1v) is 10.9. The third kappa shape index (κ3) is 13.3. The molecule has 0 amide bonds.